The van der Waals surface area contributed by atoms with E-state index in [1.165, 1.54) is 5.69 Å². The Morgan fingerprint density at radius 2 is 1.60 bits per heavy atom. The molecule has 0 saturated heterocycles. The first-order chi connectivity index (χ1) is 7.31. The molecular weight excluding hydrogens is 184 g/mol. The number of nitriles is 1. The third kappa shape index (κ3) is 3.28. The van der Waals surface area contributed by atoms with Crippen LogP contribution in [0, 0.1) is 11.3 Å². The van der Waals surface area contributed by atoms with Crippen LogP contribution in [0.5, 0.6) is 0 Å². The van der Waals surface area contributed by atoms with Crippen molar-refractivity contribution in [2.45, 2.75) is 26.7 Å². The van der Waals surface area contributed by atoms with Crippen molar-refractivity contribution in [1.82, 2.24) is 0 Å². The molecule has 2 heteroatoms. The maximum Gasteiger partial charge on any atom is 0.0991 e. The molecule has 80 valence electrons. The summed E-state index contributed by atoms with van der Waals surface area (Å²) in [7, 11) is 0. The zero-order chi connectivity index (χ0) is 11.1. The highest BCUT2D eigenvalue weighted by Crippen LogP contribution is 2.15. The van der Waals surface area contributed by atoms with Crippen LogP contribution in [-0.4, -0.2) is 13.1 Å². The molecule has 0 aliphatic carbocycles. The lowest BCUT2D eigenvalue weighted by Crippen LogP contribution is -2.24. The fraction of sp³-hybridized carbons (Fsp3) is 0.462. The SMILES string of the molecule is CCCN(CCC)c1ccc(C#N)cc1. The quantitative estimate of drug-likeness (QED) is 0.733. The van der Waals surface area contributed by atoms with Gasteiger partial charge in [0.25, 0.3) is 0 Å². The molecule has 1 rings (SSSR count). The highest BCUT2D eigenvalue weighted by molar-refractivity contribution is 5.49. The smallest absolute Gasteiger partial charge is 0.0991 e. The van der Waals surface area contributed by atoms with Crippen LogP contribution in [0.2, 0.25) is 0 Å². The maximum atomic E-state index is 8.71. The zero-order valence-electron chi connectivity index (χ0n) is 9.53. The molecule has 0 N–H and O–H groups in total. The van der Waals surface area contributed by atoms with Gasteiger partial charge in [0.15, 0.2) is 0 Å². The Labute approximate surface area is 92.1 Å². The van der Waals surface area contributed by atoms with Gasteiger partial charge < -0.3 is 4.90 Å². The first-order valence-electron chi connectivity index (χ1n) is 5.57. The minimum absolute atomic E-state index is 0.728. The lowest BCUT2D eigenvalue weighted by Gasteiger charge is -2.23. The first kappa shape index (κ1) is 11.6. The van der Waals surface area contributed by atoms with E-state index in [1.54, 1.807) is 0 Å². The van der Waals surface area contributed by atoms with Crippen molar-refractivity contribution in [1.29, 1.82) is 5.26 Å². The normalized spacial score (nSPS) is 9.67. The fourth-order valence-electron chi connectivity index (χ4n) is 1.66. The van der Waals surface area contributed by atoms with Crippen LogP contribution in [0.4, 0.5) is 5.69 Å². The molecule has 0 saturated carbocycles. The second kappa shape index (κ2) is 6.08. The summed E-state index contributed by atoms with van der Waals surface area (Å²) in [4.78, 5) is 2.36. The predicted molar refractivity (Wildman–Crippen MR) is 64.0 cm³/mol. The van der Waals surface area contributed by atoms with Crippen LogP contribution in [0.3, 0.4) is 0 Å². The van der Waals surface area contributed by atoms with Gasteiger partial charge in [-0.3, -0.25) is 0 Å². The summed E-state index contributed by atoms with van der Waals surface area (Å²) in [6.45, 7) is 6.54. The van der Waals surface area contributed by atoms with Crippen LogP contribution >= 0.6 is 0 Å². The molecule has 1 aromatic carbocycles. The molecule has 0 aliphatic heterocycles. The van der Waals surface area contributed by atoms with Crippen molar-refractivity contribution in [2.75, 3.05) is 18.0 Å². The maximum absolute atomic E-state index is 8.71. The van der Waals surface area contributed by atoms with E-state index in [0.29, 0.717) is 0 Å². The van der Waals surface area contributed by atoms with Crippen LogP contribution in [0.1, 0.15) is 32.3 Å². The van der Waals surface area contributed by atoms with Gasteiger partial charge in [-0.05, 0) is 37.1 Å². The molecule has 15 heavy (non-hydrogen) atoms. The monoisotopic (exact) mass is 202 g/mol. The molecule has 2 nitrogen and oxygen atoms in total. The molecule has 0 spiro atoms. The van der Waals surface area contributed by atoms with Crippen molar-refractivity contribution < 1.29 is 0 Å². The Morgan fingerprint density at radius 1 is 1.07 bits per heavy atom. The van der Waals surface area contributed by atoms with E-state index in [0.717, 1.165) is 31.5 Å². The van der Waals surface area contributed by atoms with Gasteiger partial charge in [-0.1, -0.05) is 13.8 Å². The molecule has 0 amide bonds. The summed E-state index contributed by atoms with van der Waals surface area (Å²) in [5, 5.41) is 8.71. The Hall–Kier alpha value is -1.49. The standard InChI is InChI=1S/C13H18N2/c1-3-9-15(10-4-2)13-7-5-12(11-14)6-8-13/h5-8H,3-4,9-10H2,1-2H3. The highest BCUT2D eigenvalue weighted by atomic mass is 15.1. The fourth-order valence-corrected chi connectivity index (χ4v) is 1.66. The first-order valence-corrected chi connectivity index (χ1v) is 5.57. The van der Waals surface area contributed by atoms with Gasteiger partial charge in [-0.15, -0.1) is 0 Å². The highest BCUT2D eigenvalue weighted by Gasteiger charge is 2.03. The van der Waals surface area contributed by atoms with E-state index in [9.17, 15) is 0 Å². The van der Waals surface area contributed by atoms with E-state index >= 15 is 0 Å². The van der Waals surface area contributed by atoms with Crippen molar-refractivity contribution in [3.8, 4) is 6.07 Å². The van der Waals surface area contributed by atoms with E-state index < -0.39 is 0 Å². The minimum atomic E-state index is 0.728. The van der Waals surface area contributed by atoms with Crippen molar-refractivity contribution in [3.63, 3.8) is 0 Å². The summed E-state index contributed by atoms with van der Waals surface area (Å²) in [5.41, 5.74) is 1.95. The van der Waals surface area contributed by atoms with Gasteiger partial charge in [-0.25, -0.2) is 0 Å². The van der Waals surface area contributed by atoms with Crippen LogP contribution in [0.25, 0.3) is 0 Å². The molecule has 1 aromatic rings. The molecular formula is C13H18N2. The molecule has 0 unspecified atom stereocenters. The Bertz CT molecular complexity index is 315. The van der Waals surface area contributed by atoms with E-state index in [-0.39, 0.29) is 0 Å². The van der Waals surface area contributed by atoms with Crippen molar-refractivity contribution in [2.24, 2.45) is 0 Å². The van der Waals surface area contributed by atoms with Crippen LogP contribution in [0.15, 0.2) is 24.3 Å². The molecule has 0 radical (unpaired) electrons. The van der Waals surface area contributed by atoms with Gasteiger partial charge in [0.2, 0.25) is 0 Å². The zero-order valence-corrected chi connectivity index (χ0v) is 9.53. The topological polar surface area (TPSA) is 27.0 Å². The third-order valence-electron chi connectivity index (χ3n) is 2.35. The number of anilines is 1. The van der Waals surface area contributed by atoms with Gasteiger partial charge in [0.1, 0.15) is 0 Å². The molecule has 0 heterocycles. The minimum Gasteiger partial charge on any atom is -0.372 e. The molecule has 0 bridgehead atoms. The lowest BCUT2D eigenvalue weighted by atomic mass is 10.2. The van der Waals surface area contributed by atoms with Gasteiger partial charge in [0, 0.05) is 18.8 Å². The van der Waals surface area contributed by atoms with E-state index in [4.69, 9.17) is 5.26 Å². The largest absolute Gasteiger partial charge is 0.372 e. The number of hydrogen-bond acceptors (Lipinski definition) is 2. The summed E-state index contributed by atoms with van der Waals surface area (Å²) in [6.07, 6.45) is 2.31. The van der Waals surface area contributed by atoms with Gasteiger partial charge >= 0.3 is 0 Å². The average molecular weight is 202 g/mol. The second-order valence-electron chi connectivity index (χ2n) is 3.65. The Balaban J connectivity index is 2.77. The molecule has 0 atom stereocenters. The summed E-state index contributed by atoms with van der Waals surface area (Å²) >= 11 is 0. The summed E-state index contributed by atoms with van der Waals surface area (Å²) < 4.78 is 0. The molecule has 0 fully saturated rings. The van der Waals surface area contributed by atoms with E-state index in [1.807, 2.05) is 24.3 Å². The number of benzene rings is 1. The third-order valence-corrected chi connectivity index (χ3v) is 2.35. The lowest BCUT2D eigenvalue weighted by molar-refractivity contribution is 0.745. The predicted octanol–water partition coefficient (Wildman–Crippen LogP) is 3.18. The Morgan fingerprint density at radius 3 is 2.00 bits per heavy atom. The molecule has 0 aliphatic rings. The molecule has 0 aromatic heterocycles. The number of nitrogens with zero attached hydrogens (tertiary/aromatic N) is 2. The second-order valence-corrected chi connectivity index (χ2v) is 3.65. The van der Waals surface area contributed by atoms with Crippen LogP contribution in [-0.2, 0) is 0 Å². The van der Waals surface area contributed by atoms with Gasteiger partial charge in [-0.2, -0.15) is 5.26 Å². The number of rotatable bonds is 5. The van der Waals surface area contributed by atoms with Crippen molar-refractivity contribution in [3.05, 3.63) is 29.8 Å². The van der Waals surface area contributed by atoms with Crippen molar-refractivity contribution >= 4 is 5.69 Å². The summed E-state index contributed by atoms with van der Waals surface area (Å²) in [6, 6.07) is 9.97. The summed E-state index contributed by atoms with van der Waals surface area (Å²) in [5.74, 6) is 0. The number of hydrogen-bond donors (Lipinski definition) is 0. The average Bonchev–Trinajstić information content (AvgIpc) is 2.29. The van der Waals surface area contributed by atoms with Gasteiger partial charge in [0.05, 0.1) is 11.6 Å². The van der Waals surface area contributed by atoms with E-state index in [2.05, 4.69) is 24.8 Å². The van der Waals surface area contributed by atoms with Crippen LogP contribution < -0.4 is 4.90 Å². The Kier molecular flexibility index (Phi) is 4.70.